The molecule has 82 valence electrons. The number of rotatable bonds is 3. The van der Waals surface area contributed by atoms with E-state index in [4.69, 9.17) is 21.4 Å². The number of carboxylic acids is 1. The zero-order valence-corrected chi connectivity index (χ0v) is 9.06. The summed E-state index contributed by atoms with van der Waals surface area (Å²) in [6, 6.07) is 1.41. The van der Waals surface area contributed by atoms with E-state index < -0.39 is 11.8 Å². The van der Waals surface area contributed by atoms with Crippen molar-refractivity contribution in [1.29, 1.82) is 0 Å². The fourth-order valence-electron chi connectivity index (χ4n) is 1.28. The Morgan fingerprint density at radius 1 is 1.67 bits per heavy atom. The first-order chi connectivity index (χ1) is 6.97. The summed E-state index contributed by atoms with van der Waals surface area (Å²) >= 11 is 5.79. The summed E-state index contributed by atoms with van der Waals surface area (Å²) in [7, 11) is 1.29. The van der Waals surface area contributed by atoms with E-state index in [1.165, 1.54) is 13.2 Å². The van der Waals surface area contributed by atoms with Crippen molar-refractivity contribution in [3.8, 4) is 5.75 Å². The van der Waals surface area contributed by atoms with Gasteiger partial charge in [0.05, 0.1) is 18.6 Å². The Hall–Kier alpha value is -1.29. The van der Waals surface area contributed by atoms with Gasteiger partial charge in [-0.1, -0.05) is 17.7 Å². The van der Waals surface area contributed by atoms with Crippen LogP contribution in [0.4, 0.5) is 4.39 Å². The number of benzene rings is 1. The zero-order chi connectivity index (χ0) is 11.6. The van der Waals surface area contributed by atoms with E-state index in [-0.39, 0.29) is 22.8 Å². The second-order valence-electron chi connectivity index (χ2n) is 3.08. The van der Waals surface area contributed by atoms with Crippen LogP contribution < -0.4 is 4.74 Å². The van der Waals surface area contributed by atoms with Crippen molar-refractivity contribution in [2.75, 3.05) is 7.11 Å². The third-order valence-electron chi connectivity index (χ3n) is 1.96. The van der Waals surface area contributed by atoms with Gasteiger partial charge in [0.2, 0.25) is 0 Å². The van der Waals surface area contributed by atoms with Gasteiger partial charge in [-0.05, 0) is 12.5 Å². The van der Waals surface area contributed by atoms with Gasteiger partial charge in [0.15, 0.2) is 11.6 Å². The molecule has 1 aromatic rings. The van der Waals surface area contributed by atoms with E-state index in [2.05, 4.69) is 0 Å². The fraction of sp³-hybridized carbons (Fsp3) is 0.300. The molecule has 0 saturated heterocycles. The molecule has 0 bridgehead atoms. The molecule has 1 aromatic carbocycles. The topological polar surface area (TPSA) is 46.5 Å². The quantitative estimate of drug-likeness (QED) is 0.871. The first-order valence-corrected chi connectivity index (χ1v) is 4.58. The molecule has 5 heteroatoms. The number of aryl methyl sites for hydroxylation is 1. The molecule has 0 aliphatic heterocycles. The summed E-state index contributed by atoms with van der Waals surface area (Å²) in [5.41, 5.74) is 0.660. The van der Waals surface area contributed by atoms with Crippen LogP contribution in [0, 0.1) is 12.7 Å². The number of hydrogen-bond acceptors (Lipinski definition) is 2. The molecule has 1 rings (SSSR count). The summed E-state index contributed by atoms with van der Waals surface area (Å²) in [4.78, 5) is 10.5. The summed E-state index contributed by atoms with van der Waals surface area (Å²) in [6.45, 7) is 1.66. The van der Waals surface area contributed by atoms with Gasteiger partial charge in [0.25, 0.3) is 0 Å². The molecular weight excluding hydrogens is 223 g/mol. The lowest BCUT2D eigenvalue weighted by atomic mass is 10.1. The molecular formula is C10H10ClFO3. The maximum atomic E-state index is 13.6. The van der Waals surface area contributed by atoms with Gasteiger partial charge >= 0.3 is 5.97 Å². The smallest absolute Gasteiger partial charge is 0.307 e. The molecule has 1 N–H and O–H groups in total. The highest BCUT2D eigenvalue weighted by molar-refractivity contribution is 6.32. The van der Waals surface area contributed by atoms with Crippen molar-refractivity contribution < 1.29 is 19.0 Å². The standard InChI is InChI=1S/C10H10ClFO3/c1-5-3-6(4-7(13)14)9(12)10(15-2)8(5)11/h3H,4H2,1-2H3,(H,13,14). The van der Waals surface area contributed by atoms with Gasteiger partial charge in [-0.2, -0.15) is 0 Å². The first kappa shape index (κ1) is 11.8. The molecule has 0 fully saturated rings. The molecule has 0 radical (unpaired) electrons. The number of ether oxygens (including phenoxy) is 1. The van der Waals surface area contributed by atoms with Crippen molar-refractivity contribution in [1.82, 2.24) is 0 Å². The third kappa shape index (κ3) is 2.39. The van der Waals surface area contributed by atoms with E-state index in [0.717, 1.165) is 0 Å². The lowest BCUT2D eigenvalue weighted by molar-refractivity contribution is -0.136. The van der Waals surface area contributed by atoms with Crippen LogP contribution in [-0.2, 0) is 11.2 Å². The van der Waals surface area contributed by atoms with Crippen LogP contribution in [-0.4, -0.2) is 18.2 Å². The van der Waals surface area contributed by atoms with Crippen LogP contribution in [0.3, 0.4) is 0 Å². The maximum Gasteiger partial charge on any atom is 0.307 e. The van der Waals surface area contributed by atoms with Crippen LogP contribution in [0.15, 0.2) is 6.07 Å². The minimum Gasteiger partial charge on any atom is -0.492 e. The molecule has 0 atom stereocenters. The lowest BCUT2D eigenvalue weighted by Crippen LogP contribution is -2.05. The van der Waals surface area contributed by atoms with Gasteiger partial charge < -0.3 is 9.84 Å². The van der Waals surface area contributed by atoms with E-state index in [1.54, 1.807) is 6.92 Å². The minimum absolute atomic E-state index is 0.0706. The maximum absolute atomic E-state index is 13.6. The molecule has 0 unspecified atom stereocenters. The van der Waals surface area contributed by atoms with Crippen molar-refractivity contribution in [2.45, 2.75) is 13.3 Å². The molecule has 0 saturated carbocycles. The summed E-state index contributed by atoms with van der Waals surface area (Å²) in [5, 5.41) is 8.75. The molecule has 0 aromatic heterocycles. The Morgan fingerprint density at radius 3 is 2.73 bits per heavy atom. The molecule has 0 amide bonds. The fourth-order valence-corrected chi connectivity index (χ4v) is 1.49. The van der Waals surface area contributed by atoms with E-state index in [0.29, 0.717) is 5.56 Å². The molecule has 0 aliphatic carbocycles. The molecule has 3 nitrogen and oxygen atoms in total. The van der Waals surface area contributed by atoms with Crippen LogP contribution >= 0.6 is 11.6 Å². The third-order valence-corrected chi connectivity index (χ3v) is 2.43. The Morgan fingerprint density at radius 2 is 2.27 bits per heavy atom. The van der Waals surface area contributed by atoms with E-state index in [1.807, 2.05) is 0 Å². The Kier molecular flexibility index (Phi) is 3.52. The zero-order valence-electron chi connectivity index (χ0n) is 8.30. The minimum atomic E-state index is -1.10. The normalized spacial score (nSPS) is 10.1. The average molecular weight is 233 g/mol. The molecule has 0 spiro atoms. The molecule has 0 aliphatic rings. The number of hydrogen-bond donors (Lipinski definition) is 1. The second kappa shape index (κ2) is 4.49. The summed E-state index contributed by atoms with van der Waals surface area (Å²) in [6.07, 6.45) is -0.389. The number of halogens is 2. The van der Waals surface area contributed by atoms with E-state index in [9.17, 15) is 9.18 Å². The van der Waals surface area contributed by atoms with Crippen molar-refractivity contribution in [2.24, 2.45) is 0 Å². The van der Waals surface area contributed by atoms with Crippen LogP contribution in [0.1, 0.15) is 11.1 Å². The number of aliphatic carboxylic acids is 1. The SMILES string of the molecule is COc1c(F)c(CC(=O)O)cc(C)c1Cl. The van der Waals surface area contributed by atoms with Gasteiger partial charge in [-0.15, -0.1) is 0 Å². The highest BCUT2D eigenvalue weighted by Gasteiger charge is 2.17. The Labute approximate surface area is 91.4 Å². The molecule has 15 heavy (non-hydrogen) atoms. The van der Waals surface area contributed by atoms with Crippen LogP contribution in [0.5, 0.6) is 5.75 Å². The highest BCUT2D eigenvalue weighted by Crippen LogP contribution is 2.33. The van der Waals surface area contributed by atoms with Gasteiger partial charge in [-0.25, -0.2) is 4.39 Å². The van der Waals surface area contributed by atoms with Crippen molar-refractivity contribution >= 4 is 17.6 Å². The lowest BCUT2D eigenvalue weighted by Gasteiger charge is -2.10. The Bertz CT molecular complexity index is 404. The van der Waals surface area contributed by atoms with Gasteiger partial charge in [-0.3, -0.25) is 4.79 Å². The predicted octanol–water partition coefficient (Wildman–Crippen LogP) is 2.42. The summed E-state index contributed by atoms with van der Waals surface area (Å²) < 4.78 is 18.4. The monoisotopic (exact) mass is 232 g/mol. The summed E-state index contributed by atoms with van der Waals surface area (Å²) in [5.74, 6) is -1.92. The van der Waals surface area contributed by atoms with Gasteiger partial charge in [0, 0.05) is 5.56 Å². The first-order valence-electron chi connectivity index (χ1n) is 4.20. The highest BCUT2D eigenvalue weighted by atomic mass is 35.5. The predicted molar refractivity (Wildman–Crippen MR) is 54.0 cm³/mol. The second-order valence-corrected chi connectivity index (χ2v) is 3.46. The van der Waals surface area contributed by atoms with Crippen molar-refractivity contribution in [3.63, 3.8) is 0 Å². The van der Waals surface area contributed by atoms with Crippen LogP contribution in [0.25, 0.3) is 0 Å². The van der Waals surface area contributed by atoms with Crippen molar-refractivity contribution in [3.05, 3.63) is 28.0 Å². The van der Waals surface area contributed by atoms with E-state index >= 15 is 0 Å². The average Bonchev–Trinajstić information content (AvgIpc) is 2.14. The van der Waals surface area contributed by atoms with Gasteiger partial charge in [0.1, 0.15) is 0 Å². The Balaban J connectivity index is 3.30. The largest absolute Gasteiger partial charge is 0.492 e. The number of carbonyl (C=O) groups is 1. The molecule has 0 heterocycles. The number of methoxy groups -OCH3 is 1. The number of carboxylic acid groups (broad SMARTS) is 1. The van der Waals surface area contributed by atoms with Crippen LogP contribution in [0.2, 0.25) is 5.02 Å².